The second-order valence-electron chi connectivity index (χ2n) is 17.6. The molecule has 0 amide bonds. The number of hydrogen-bond donors (Lipinski definition) is 0. The molecule has 65 heavy (non-hydrogen) atoms. The van der Waals surface area contributed by atoms with Crippen molar-refractivity contribution in [2.75, 3.05) is 0 Å². The Hall–Kier alpha value is -7.99. The Labute approximate surface area is 380 Å². The molecule has 0 saturated carbocycles. The lowest BCUT2D eigenvalue weighted by atomic mass is 9.82. The van der Waals surface area contributed by atoms with Gasteiger partial charge in [-0.3, -0.25) is 0 Å². The molecule has 0 unspecified atom stereocenters. The average Bonchev–Trinajstić information content (AvgIpc) is 4.01. The van der Waals surface area contributed by atoms with Crippen LogP contribution >= 0.6 is 11.3 Å². The van der Waals surface area contributed by atoms with Crippen LogP contribution in [0.15, 0.2) is 205 Å². The van der Waals surface area contributed by atoms with Crippen LogP contribution in [0.1, 0.15) is 25.0 Å². The third kappa shape index (κ3) is 6.15. The van der Waals surface area contributed by atoms with Gasteiger partial charge in [0.25, 0.3) is 0 Å². The van der Waals surface area contributed by atoms with Crippen molar-refractivity contribution >= 4 is 53.4 Å². The van der Waals surface area contributed by atoms with Gasteiger partial charge in [0.15, 0.2) is 17.5 Å². The molecule has 0 atom stereocenters. The number of fused-ring (bicyclic) bond motifs is 9. The average molecular weight is 850 g/mol. The molecule has 0 radical (unpaired) electrons. The molecule has 0 saturated heterocycles. The summed E-state index contributed by atoms with van der Waals surface area (Å²) in [6, 6.07) is 71.4. The summed E-state index contributed by atoms with van der Waals surface area (Å²) in [7, 11) is 0. The van der Waals surface area contributed by atoms with E-state index in [-0.39, 0.29) is 5.41 Å². The molecule has 0 aliphatic heterocycles. The highest BCUT2D eigenvalue weighted by Gasteiger charge is 2.35. The van der Waals surface area contributed by atoms with Crippen LogP contribution in [0.25, 0.3) is 121 Å². The predicted molar refractivity (Wildman–Crippen MR) is 270 cm³/mol. The minimum atomic E-state index is -0.0276. The molecule has 0 fully saturated rings. The van der Waals surface area contributed by atoms with Gasteiger partial charge in [-0.25, -0.2) is 15.0 Å². The molecule has 12 aromatic rings. The van der Waals surface area contributed by atoms with E-state index < -0.39 is 0 Å². The summed E-state index contributed by atoms with van der Waals surface area (Å²) in [5.74, 6) is 1.82. The van der Waals surface area contributed by atoms with Gasteiger partial charge in [-0.2, -0.15) is 0 Å². The molecule has 1 aliphatic rings. The van der Waals surface area contributed by atoms with E-state index in [0.29, 0.717) is 17.5 Å². The van der Waals surface area contributed by atoms with Gasteiger partial charge in [0.1, 0.15) is 11.2 Å². The Kier molecular flexibility index (Phi) is 8.39. The van der Waals surface area contributed by atoms with Gasteiger partial charge in [0.05, 0.1) is 0 Å². The highest BCUT2D eigenvalue weighted by molar-refractivity contribution is 7.25. The molecule has 3 heterocycles. The third-order valence-electron chi connectivity index (χ3n) is 13.4. The molecule has 306 valence electrons. The Bertz CT molecular complexity index is 3860. The number of aromatic nitrogens is 3. The van der Waals surface area contributed by atoms with Crippen molar-refractivity contribution in [1.82, 2.24) is 15.0 Å². The largest absolute Gasteiger partial charge is 0.456 e. The fourth-order valence-corrected chi connectivity index (χ4v) is 11.1. The standard InChI is InChI=1S/C60H39N3OS/c1-60(2)50-19-8-6-16-44(50)47-33-41(26-29-51(47)60)39-14-10-15-40(32-39)42-27-30-52-49(34-42)56-46(18-11-20-53(56)64-52)59-62-57(38-24-22-37(23-25-38)36-12-4-3-5-13-36)61-58(63-59)43-28-31-55-48(35-43)45-17-7-9-21-54(45)65-55/h3-35H,1-2H3. The fraction of sp³-hybridized carbons (Fsp3) is 0.0500. The molecule has 13 rings (SSSR count). The zero-order valence-corrected chi connectivity index (χ0v) is 36.5. The Morgan fingerprint density at radius 2 is 0.923 bits per heavy atom. The zero-order valence-electron chi connectivity index (χ0n) is 35.7. The molecule has 4 nitrogen and oxygen atoms in total. The summed E-state index contributed by atoms with van der Waals surface area (Å²) in [6.45, 7) is 4.66. The van der Waals surface area contributed by atoms with Crippen LogP contribution in [-0.4, -0.2) is 15.0 Å². The molecule has 5 heteroatoms. The second-order valence-corrected chi connectivity index (χ2v) is 18.6. The van der Waals surface area contributed by atoms with Gasteiger partial charge in [-0.05, 0) is 110 Å². The van der Waals surface area contributed by atoms with E-state index in [9.17, 15) is 0 Å². The van der Waals surface area contributed by atoms with E-state index in [0.717, 1.165) is 60.9 Å². The lowest BCUT2D eigenvalue weighted by Crippen LogP contribution is -2.14. The number of rotatable bonds is 6. The minimum absolute atomic E-state index is 0.0276. The van der Waals surface area contributed by atoms with Gasteiger partial charge < -0.3 is 4.42 Å². The first kappa shape index (κ1) is 37.6. The summed E-state index contributed by atoms with van der Waals surface area (Å²) >= 11 is 1.81. The quantitative estimate of drug-likeness (QED) is 0.167. The molecule has 1 aliphatic carbocycles. The van der Waals surface area contributed by atoms with Crippen molar-refractivity contribution in [2.45, 2.75) is 19.3 Å². The van der Waals surface area contributed by atoms with Crippen molar-refractivity contribution in [1.29, 1.82) is 0 Å². The summed E-state index contributed by atoms with van der Waals surface area (Å²) < 4.78 is 9.08. The zero-order chi connectivity index (χ0) is 43.2. The van der Waals surface area contributed by atoms with Crippen LogP contribution in [0.5, 0.6) is 0 Å². The van der Waals surface area contributed by atoms with Crippen LogP contribution in [0.3, 0.4) is 0 Å². The molecule has 0 bridgehead atoms. The van der Waals surface area contributed by atoms with Crippen molar-refractivity contribution in [2.24, 2.45) is 0 Å². The van der Waals surface area contributed by atoms with Crippen LogP contribution in [-0.2, 0) is 5.41 Å². The number of hydrogen-bond acceptors (Lipinski definition) is 5. The van der Waals surface area contributed by atoms with Gasteiger partial charge in [-0.15, -0.1) is 11.3 Å². The highest BCUT2D eigenvalue weighted by atomic mass is 32.1. The molecule has 0 spiro atoms. The van der Waals surface area contributed by atoms with E-state index >= 15 is 0 Å². The van der Waals surface area contributed by atoms with Crippen molar-refractivity contribution in [3.8, 4) is 78.7 Å². The molecule has 3 aromatic heterocycles. The van der Waals surface area contributed by atoms with Crippen molar-refractivity contribution in [3.05, 3.63) is 211 Å². The first-order chi connectivity index (χ1) is 31.9. The van der Waals surface area contributed by atoms with Crippen LogP contribution in [0.4, 0.5) is 0 Å². The summed E-state index contributed by atoms with van der Waals surface area (Å²) in [5.41, 5.74) is 16.7. The first-order valence-electron chi connectivity index (χ1n) is 22.1. The van der Waals surface area contributed by atoms with E-state index in [4.69, 9.17) is 19.4 Å². The van der Waals surface area contributed by atoms with Crippen LogP contribution < -0.4 is 0 Å². The van der Waals surface area contributed by atoms with Gasteiger partial charge in [-0.1, -0.05) is 159 Å². The monoisotopic (exact) mass is 849 g/mol. The SMILES string of the molecule is CC1(C)c2ccccc2-c2cc(-c3cccc(-c4ccc5oc6cccc(-c7nc(-c8ccc(-c9ccccc9)cc8)nc(-c8ccc9sc%10ccccc%10c9c8)n7)c6c5c4)c3)ccc21. The number of benzene rings is 9. The van der Waals surface area contributed by atoms with Gasteiger partial charge >= 0.3 is 0 Å². The predicted octanol–water partition coefficient (Wildman–Crippen LogP) is 16.4. The van der Waals surface area contributed by atoms with E-state index in [1.807, 2.05) is 18.2 Å². The van der Waals surface area contributed by atoms with Gasteiger partial charge in [0, 0.05) is 53.1 Å². The van der Waals surface area contributed by atoms with Crippen LogP contribution in [0.2, 0.25) is 0 Å². The van der Waals surface area contributed by atoms with Crippen molar-refractivity contribution in [3.63, 3.8) is 0 Å². The first-order valence-corrected chi connectivity index (χ1v) is 22.9. The Morgan fingerprint density at radius 3 is 1.78 bits per heavy atom. The fourth-order valence-electron chi connectivity index (χ4n) is 10.0. The number of nitrogens with zero attached hydrogens (tertiary/aromatic N) is 3. The lowest BCUT2D eigenvalue weighted by Gasteiger charge is -2.21. The second kappa shape index (κ2) is 14.5. The molecular formula is C60H39N3OS. The summed E-state index contributed by atoms with van der Waals surface area (Å²) in [4.78, 5) is 15.7. The van der Waals surface area contributed by atoms with E-state index in [1.165, 1.54) is 53.6 Å². The molecule has 9 aromatic carbocycles. The number of furan rings is 1. The minimum Gasteiger partial charge on any atom is -0.456 e. The molecule has 0 N–H and O–H groups in total. The van der Waals surface area contributed by atoms with Crippen molar-refractivity contribution < 1.29 is 4.42 Å². The Balaban J connectivity index is 0.941. The molecular weight excluding hydrogens is 811 g/mol. The van der Waals surface area contributed by atoms with Crippen LogP contribution in [0, 0.1) is 0 Å². The lowest BCUT2D eigenvalue weighted by molar-refractivity contribution is 0.660. The highest BCUT2D eigenvalue weighted by Crippen LogP contribution is 2.50. The van der Waals surface area contributed by atoms with E-state index in [1.54, 1.807) is 11.3 Å². The van der Waals surface area contributed by atoms with E-state index in [2.05, 4.69) is 196 Å². The van der Waals surface area contributed by atoms with Gasteiger partial charge in [0.2, 0.25) is 0 Å². The number of thiophene rings is 1. The smallest absolute Gasteiger partial charge is 0.164 e. The maximum atomic E-state index is 6.58. The Morgan fingerprint density at radius 1 is 0.354 bits per heavy atom. The summed E-state index contributed by atoms with van der Waals surface area (Å²) in [5, 5.41) is 4.42. The maximum absolute atomic E-state index is 6.58. The third-order valence-corrected chi connectivity index (χ3v) is 14.5. The maximum Gasteiger partial charge on any atom is 0.164 e. The summed E-state index contributed by atoms with van der Waals surface area (Å²) in [6.07, 6.45) is 0. The topological polar surface area (TPSA) is 51.8 Å². The normalized spacial score (nSPS) is 12.9.